The number of benzene rings is 1. The van der Waals surface area contributed by atoms with Gasteiger partial charge in [-0.15, -0.1) is 0 Å². The van der Waals surface area contributed by atoms with Crippen LogP contribution >= 0.6 is 0 Å². The zero-order valence-corrected chi connectivity index (χ0v) is 13.7. The van der Waals surface area contributed by atoms with Crippen LogP contribution in [0.5, 0.6) is 0 Å². The molecule has 5 nitrogen and oxygen atoms in total. The first kappa shape index (κ1) is 18.7. The molecule has 0 saturated carbocycles. The second-order valence-electron chi connectivity index (χ2n) is 5.42. The predicted octanol–water partition coefficient (Wildman–Crippen LogP) is 3.13. The monoisotopic (exact) mass is 317 g/mol. The third kappa shape index (κ3) is 5.74. The second-order valence-corrected chi connectivity index (χ2v) is 5.42. The molecular weight excluding hydrogens is 294 g/mol. The van der Waals surface area contributed by atoms with Crippen molar-refractivity contribution in [3.63, 3.8) is 0 Å². The number of carbonyl (C=O) groups is 2. The SMILES string of the molecule is COC(=O)CCCCC(C#N)(CCC(=O)OC)c1ccccc1. The summed E-state index contributed by atoms with van der Waals surface area (Å²) >= 11 is 0. The fourth-order valence-corrected chi connectivity index (χ4v) is 2.56. The smallest absolute Gasteiger partial charge is 0.305 e. The van der Waals surface area contributed by atoms with Crippen molar-refractivity contribution in [2.24, 2.45) is 0 Å². The first-order valence-corrected chi connectivity index (χ1v) is 7.68. The van der Waals surface area contributed by atoms with Gasteiger partial charge in [0.05, 0.1) is 25.7 Å². The fraction of sp³-hybridized carbons (Fsp3) is 0.500. The van der Waals surface area contributed by atoms with Crippen LogP contribution in [0.2, 0.25) is 0 Å². The zero-order chi connectivity index (χ0) is 17.1. The van der Waals surface area contributed by atoms with E-state index >= 15 is 0 Å². The molecule has 0 amide bonds. The molecule has 124 valence electrons. The lowest BCUT2D eigenvalue weighted by Crippen LogP contribution is -2.25. The van der Waals surface area contributed by atoms with E-state index in [-0.39, 0.29) is 18.4 Å². The molecule has 0 heterocycles. The van der Waals surface area contributed by atoms with Gasteiger partial charge >= 0.3 is 11.9 Å². The molecule has 0 saturated heterocycles. The molecule has 0 aliphatic carbocycles. The standard InChI is InChI=1S/C18H23NO4/c1-22-16(20)10-6-7-12-18(14-19,13-11-17(21)23-2)15-8-4-3-5-9-15/h3-5,8-9H,6-7,10-13H2,1-2H3. The molecule has 1 aromatic rings. The van der Waals surface area contributed by atoms with E-state index in [0.717, 1.165) is 5.56 Å². The van der Waals surface area contributed by atoms with Gasteiger partial charge in [-0.3, -0.25) is 9.59 Å². The number of unbranched alkanes of at least 4 members (excludes halogenated alkanes) is 1. The molecule has 1 aromatic carbocycles. The molecule has 0 aromatic heterocycles. The van der Waals surface area contributed by atoms with Gasteiger partial charge in [0, 0.05) is 12.8 Å². The van der Waals surface area contributed by atoms with Crippen molar-refractivity contribution >= 4 is 11.9 Å². The van der Waals surface area contributed by atoms with Gasteiger partial charge in [-0.2, -0.15) is 5.26 Å². The Labute approximate surface area is 137 Å². The number of carbonyl (C=O) groups excluding carboxylic acids is 2. The van der Waals surface area contributed by atoms with Crippen molar-refractivity contribution < 1.29 is 19.1 Å². The summed E-state index contributed by atoms with van der Waals surface area (Å²) in [6.45, 7) is 0. The average molecular weight is 317 g/mol. The van der Waals surface area contributed by atoms with Crippen molar-refractivity contribution in [2.45, 2.75) is 43.9 Å². The normalized spacial score (nSPS) is 12.7. The van der Waals surface area contributed by atoms with Gasteiger partial charge in [0.15, 0.2) is 0 Å². The maximum Gasteiger partial charge on any atom is 0.305 e. The summed E-state index contributed by atoms with van der Waals surface area (Å²) in [5, 5.41) is 9.78. The molecule has 5 heteroatoms. The van der Waals surface area contributed by atoms with Crippen LogP contribution in [0.4, 0.5) is 0 Å². The average Bonchev–Trinajstić information content (AvgIpc) is 2.61. The van der Waals surface area contributed by atoms with Crippen LogP contribution in [0.15, 0.2) is 30.3 Å². The molecule has 1 unspecified atom stereocenters. The third-order valence-corrected chi connectivity index (χ3v) is 3.99. The minimum absolute atomic E-state index is 0.190. The molecule has 23 heavy (non-hydrogen) atoms. The fourth-order valence-electron chi connectivity index (χ4n) is 2.56. The van der Waals surface area contributed by atoms with Crippen molar-refractivity contribution in [2.75, 3.05) is 14.2 Å². The Morgan fingerprint density at radius 2 is 1.61 bits per heavy atom. The molecule has 0 aliphatic rings. The first-order chi connectivity index (χ1) is 11.1. The van der Waals surface area contributed by atoms with Crippen LogP contribution in [-0.4, -0.2) is 26.2 Å². The maximum absolute atomic E-state index is 11.5. The summed E-state index contributed by atoms with van der Waals surface area (Å²) in [6.07, 6.45) is 2.87. The van der Waals surface area contributed by atoms with Crippen LogP contribution in [0.1, 0.15) is 44.1 Å². The number of hydrogen-bond acceptors (Lipinski definition) is 5. The second kappa shape index (κ2) is 9.62. The Kier molecular flexibility index (Phi) is 7.82. The number of rotatable bonds is 9. The predicted molar refractivity (Wildman–Crippen MR) is 85.5 cm³/mol. The lowest BCUT2D eigenvalue weighted by Gasteiger charge is -2.27. The number of ether oxygens (including phenoxy) is 2. The summed E-state index contributed by atoms with van der Waals surface area (Å²) < 4.78 is 9.31. The quantitative estimate of drug-likeness (QED) is 0.516. The van der Waals surface area contributed by atoms with Gasteiger partial charge in [0.25, 0.3) is 0 Å². The maximum atomic E-state index is 11.5. The van der Waals surface area contributed by atoms with Crippen LogP contribution in [0, 0.1) is 11.3 Å². The third-order valence-electron chi connectivity index (χ3n) is 3.99. The largest absolute Gasteiger partial charge is 0.469 e. The van der Waals surface area contributed by atoms with Crippen LogP contribution in [0.25, 0.3) is 0 Å². The first-order valence-electron chi connectivity index (χ1n) is 7.68. The van der Waals surface area contributed by atoms with E-state index in [9.17, 15) is 14.9 Å². The lowest BCUT2D eigenvalue weighted by molar-refractivity contribution is -0.141. The van der Waals surface area contributed by atoms with Crippen molar-refractivity contribution in [1.29, 1.82) is 5.26 Å². The Balaban J connectivity index is 2.81. The summed E-state index contributed by atoms with van der Waals surface area (Å²) in [5.41, 5.74) is 0.149. The van der Waals surface area contributed by atoms with Crippen LogP contribution in [-0.2, 0) is 24.5 Å². The molecule has 1 atom stereocenters. The molecule has 0 bridgehead atoms. The van der Waals surface area contributed by atoms with Crippen LogP contribution in [0.3, 0.4) is 0 Å². The van der Waals surface area contributed by atoms with Crippen molar-refractivity contribution in [3.05, 3.63) is 35.9 Å². The lowest BCUT2D eigenvalue weighted by atomic mass is 9.74. The van der Waals surface area contributed by atoms with Crippen molar-refractivity contribution in [3.8, 4) is 6.07 Å². The summed E-state index contributed by atoms with van der Waals surface area (Å²) in [5.74, 6) is -0.572. The van der Waals surface area contributed by atoms with Crippen molar-refractivity contribution in [1.82, 2.24) is 0 Å². The molecular formula is C18H23NO4. The number of hydrogen-bond donors (Lipinski definition) is 0. The highest BCUT2D eigenvalue weighted by Gasteiger charge is 2.32. The topological polar surface area (TPSA) is 76.4 Å². The van der Waals surface area contributed by atoms with E-state index in [1.807, 2.05) is 30.3 Å². The number of esters is 2. The molecule has 0 spiro atoms. The summed E-state index contributed by atoms with van der Waals surface area (Å²) in [4.78, 5) is 22.7. The highest BCUT2D eigenvalue weighted by molar-refractivity contribution is 5.69. The van der Waals surface area contributed by atoms with E-state index < -0.39 is 5.41 Å². The zero-order valence-electron chi connectivity index (χ0n) is 13.7. The number of methoxy groups -OCH3 is 2. The van der Waals surface area contributed by atoms with Gasteiger partial charge in [-0.05, 0) is 24.8 Å². The molecule has 0 N–H and O–H groups in total. The molecule has 0 fully saturated rings. The van der Waals surface area contributed by atoms with Gasteiger partial charge in [-0.1, -0.05) is 36.8 Å². The van der Waals surface area contributed by atoms with Gasteiger partial charge in [-0.25, -0.2) is 0 Å². The summed E-state index contributed by atoms with van der Waals surface area (Å²) in [6, 6.07) is 11.9. The van der Waals surface area contributed by atoms with Gasteiger partial charge in [0.1, 0.15) is 0 Å². The van der Waals surface area contributed by atoms with Gasteiger partial charge < -0.3 is 9.47 Å². The Morgan fingerprint density at radius 3 is 2.17 bits per heavy atom. The highest BCUT2D eigenvalue weighted by atomic mass is 16.5. The Bertz CT molecular complexity index is 550. The molecule has 0 aliphatic heterocycles. The minimum Gasteiger partial charge on any atom is -0.469 e. The summed E-state index contributed by atoms with van der Waals surface area (Å²) in [7, 11) is 2.71. The van der Waals surface area contributed by atoms with E-state index in [1.54, 1.807) is 0 Å². The van der Waals surface area contributed by atoms with Gasteiger partial charge in [0.2, 0.25) is 0 Å². The number of nitriles is 1. The number of nitrogens with zero attached hydrogens (tertiary/aromatic N) is 1. The van der Waals surface area contributed by atoms with Crippen LogP contribution < -0.4 is 0 Å². The molecule has 1 rings (SSSR count). The van der Waals surface area contributed by atoms with E-state index in [2.05, 4.69) is 15.5 Å². The Hall–Kier alpha value is -2.35. The van der Waals surface area contributed by atoms with E-state index in [0.29, 0.717) is 32.1 Å². The van der Waals surface area contributed by atoms with E-state index in [4.69, 9.17) is 0 Å². The molecule has 0 radical (unpaired) electrons. The minimum atomic E-state index is -0.744. The highest BCUT2D eigenvalue weighted by Crippen LogP contribution is 2.34. The van der Waals surface area contributed by atoms with E-state index in [1.165, 1.54) is 14.2 Å². The Morgan fingerprint density at radius 1 is 1.00 bits per heavy atom.